The molecule has 22 heavy (non-hydrogen) atoms. The highest BCUT2D eigenvalue weighted by Crippen LogP contribution is 2.25. The summed E-state index contributed by atoms with van der Waals surface area (Å²) in [6.45, 7) is 1.96. The minimum Gasteiger partial charge on any atom is -0.347 e. The van der Waals surface area contributed by atoms with E-state index in [2.05, 4.69) is 10.6 Å². The summed E-state index contributed by atoms with van der Waals surface area (Å²) in [5, 5.41) is 15.0. The third-order valence-corrected chi connectivity index (χ3v) is 4.33. The number of amides is 2. The number of rotatable bonds is 4. The number of carbonyl (C=O) groups is 2. The van der Waals surface area contributed by atoms with Gasteiger partial charge in [0.15, 0.2) is 0 Å². The second kappa shape index (κ2) is 7.38. The smallest absolute Gasteiger partial charge is 0.251 e. The van der Waals surface area contributed by atoms with Crippen LogP contribution in [0.4, 0.5) is 0 Å². The summed E-state index contributed by atoms with van der Waals surface area (Å²) in [5.41, 5.74) is 3.36. The molecule has 2 unspecified atom stereocenters. The Bertz CT molecular complexity index is 530. The first-order valence-corrected chi connectivity index (χ1v) is 7.55. The lowest BCUT2D eigenvalue weighted by atomic mass is 9.80. The number of hydrogen-bond acceptors (Lipinski definition) is 4. The quantitative estimate of drug-likeness (QED) is 0.493. The molecule has 0 spiro atoms. The summed E-state index contributed by atoms with van der Waals surface area (Å²) in [4.78, 5) is 24.3. The SMILES string of the molecule is CNC1CCC[C@H](C(=O)NO)C1NC(=O)c1ccc(C)cc1. The van der Waals surface area contributed by atoms with Gasteiger partial charge in [0.25, 0.3) is 5.91 Å². The number of carbonyl (C=O) groups excluding carboxylic acids is 2. The first kappa shape index (κ1) is 16.5. The molecule has 2 amide bonds. The first-order valence-electron chi connectivity index (χ1n) is 7.55. The van der Waals surface area contributed by atoms with Gasteiger partial charge < -0.3 is 10.6 Å². The van der Waals surface area contributed by atoms with E-state index >= 15 is 0 Å². The summed E-state index contributed by atoms with van der Waals surface area (Å²) in [6, 6.07) is 6.95. The van der Waals surface area contributed by atoms with Crippen molar-refractivity contribution in [1.82, 2.24) is 16.1 Å². The average molecular weight is 305 g/mol. The summed E-state index contributed by atoms with van der Waals surface area (Å²) in [7, 11) is 1.81. The largest absolute Gasteiger partial charge is 0.347 e. The minimum absolute atomic E-state index is 0.00504. The molecule has 1 fully saturated rings. The van der Waals surface area contributed by atoms with Crippen LogP contribution in [0.1, 0.15) is 35.2 Å². The van der Waals surface area contributed by atoms with E-state index < -0.39 is 11.8 Å². The monoisotopic (exact) mass is 305 g/mol. The minimum atomic E-state index is -0.450. The van der Waals surface area contributed by atoms with Crippen molar-refractivity contribution in [1.29, 1.82) is 0 Å². The molecule has 1 aliphatic rings. The van der Waals surface area contributed by atoms with Crippen LogP contribution >= 0.6 is 0 Å². The van der Waals surface area contributed by atoms with Gasteiger partial charge in [-0.3, -0.25) is 14.8 Å². The van der Waals surface area contributed by atoms with E-state index in [0.717, 1.165) is 18.4 Å². The number of aryl methyl sites for hydroxylation is 1. The molecule has 0 aliphatic heterocycles. The Balaban J connectivity index is 2.15. The number of benzene rings is 1. The highest BCUT2D eigenvalue weighted by atomic mass is 16.5. The molecule has 1 saturated carbocycles. The molecule has 0 radical (unpaired) electrons. The van der Waals surface area contributed by atoms with Crippen LogP contribution in [0.3, 0.4) is 0 Å². The maximum Gasteiger partial charge on any atom is 0.251 e. The van der Waals surface area contributed by atoms with Gasteiger partial charge in [-0.1, -0.05) is 24.1 Å². The lowest BCUT2D eigenvalue weighted by molar-refractivity contribution is -0.135. The van der Waals surface area contributed by atoms with E-state index in [4.69, 9.17) is 5.21 Å². The molecule has 1 aliphatic carbocycles. The van der Waals surface area contributed by atoms with Gasteiger partial charge in [-0.05, 0) is 38.9 Å². The topological polar surface area (TPSA) is 90.5 Å². The van der Waals surface area contributed by atoms with Crippen LogP contribution in [0.2, 0.25) is 0 Å². The standard InChI is InChI=1S/C16H23N3O3/c1-10-6-8-11(9-7-10)15(20)18-14-12(16(21)19-22)4-3-5-13(14)17-2/h6-9,12-14,17,22H,3-5H2,1-2H3,(H,18,20)(H,19,21)/t12-,13?,14?/m0/s1. The fourth-order valence-electron chi connectivity index (χ4n) is 3.04. The zero-order valence-electron chi connectivity index (χ0n) is 12.9. The lowest BCUT2D eigenvalue weighted by Gasteiger charge is -2.37. The average Bonchev–Trinajstić information content (AvgIpc) is 2.54. The Morgan fingerprint density at radius 2 is 1.86 bits per heavy atom. The molecule has 1 aromatic rings. The van der Waals surface area contributed by atoms with Crippen molar-refractivity contribution in [3.63, 3.8) is 0 Å². The molecule has 0 bridgehead atoms. The van der Waals surface area contributed by atoms with Crippen LogP contribution in [0.25, 0.3) is 0 Å². The maximum absolute atomic E-state index is 12.4. The molecule has 0 heterocycles. The van der Waals surface area contributed by atoms with E-state index in [-0.39, 0.29) is 18.0 Å². The van der Waals surface area contributed by atoms with E-state index in [0.29, 0.717) is 12.0 Å². The third kappa shape index (κ3) is 3.64. The Morgan fingerprint density at radius 1 is 1.18 bits per heavy atom. The van der Waals surface area contributed by atoms with Crippen molar-refractivity contribution >= 4 is 11.8 Å². The van der Waals surface area contributed by atoms with Crippen LogP contribution in [-0.4, -0.2) is 36.2 Å². The van der Waals surface area contributed by atoms with Gasteiger partial charge >= 0.3 is 0 Å². The Kier molecular flexibility index (Phi) is 5.51. The number of hydrogen-bond donors (Lipinski definition) is 4. The molecule has 3 atom stereocenters. The Hall–Kier alpha value is -1.92. The zero-order chi connectivity index (χ0) is 16.1. The van der Waals surface area contributed by atoms with E-state index in [1.54, 1.807) is 17.6 Å². The van der Waals surface area contributed by atoms with Gasteiger partial charge in [0.05, 0.1) is 12.0 Å². The lowest BCUT2D eigenvalue weighted by Crippen LogP contribution is -2.58. The number of likely N-dealkylation sites (N-methyl/N-ethyl adjacent to an activating group) is 1. The van der Waals surface area contributed by atoms with Crippen LogP contribution in [-0.2, 0) is 4.79 Å². The van der Waals surface area contributed by atoms with Crippen LogP contribution in [0.15, 0.2) is 24.3 Å². The van der Waals surface area contributed by atoms with Gasteiger partial charge in [0.1, 0.15) is 0 Å². The van der Waals surface area contributed by atoms with Gasteiger partial charge in [-0.15, -0.1) is 0 Å². The molecule has 1 aromatic carbocycles. The number of hydroxylamine groups is 1. The van der Waals surface area contributed by atoms with Gasteiger partial charge in [-0.25, -0.2) is 5.48 Å². The molecular formula is C16H23N3O3. The maximum atomic E-state index is 12.4. The van der Waals surface area contributed by atoms with Crippen molar-refractivity contribution in [3.8, 4) is 0 Å². The Labute approximate surface area is 130 Å². The Morgan fingerprint density at radius 3 is 2.45 bits per heavy atom. The van der Waals surface area contributed by atoms with Gasteiger partial charge in [0, 0.05) is 11.6 Å². The highest BCUT2D eigenvalue weighted by Gasteiger charge is 2.37. The normalized spacial score (nSPS) is 24.6. The van der Waals surface area contributed by atoms with Crippen molar-refractivity contribution in [3.05, 3.63) is 35.4 Å². The second-order valence-electron chi connectivity index (χ2n) is 5.77. The highest BCUT2D eigenvalue weighted by molar-refractivity contribution is 5.95. The van der Waals surface area contributed by atoms with E-state index in [1.165, 1.54) is 0 Å². The molecule has 4 N–H and O–H groups in total. The first-order chi connectivity index (χ1) is 10.6. The summed E-state index contributed by atoms with van der Waals surface area (Å²) < 4.78 is 0. The predicted octanol–water partition coefficient (Wildman–Crippen LogP) is 0.987. The van der Waals surface area contributed by atoms with Crippen molar-refractivity contribution < 1.29 is 14.8 Å². The molecule has 6 heteroatoms. The second-order valence-corrected chi connectivity index (χ2v) is 5.77. The summed E-state index contributed by atoms with van der Waals surface area (Å²) in [5.74, 6) is -1.09. The van der Waals surface area contributed by atoms with E-state index in [1.807, 2.05) is 26.1 Å². The fraction of sp³-hybridized carbons (Fsp3) is 0.500. The predicted molar refractivity (Wildman–Crippen MR) is 82.6 cm³/mol. The summed E-state index contributed by atoms with van der Waals surface area (Å²) in [6.07, 6.45) is 2.40. The van der Waals surface area contributed by atoms with Crippen molar-refractivity contribution in [2.45, 2.75) is 38.3 Å². The molecule has 0 aromatic heterocycles. The molecular weight excluding hydrogens is 282 g/mol. The van der Waals surface area contributed by atoms with Gasteiger partial charge in [0.2, 0.25) is 5.91 Å². The molecule has 120 valence electrons. The van der Waals surface area contributed by atoms with E-state index in [9.17, 15) is 9.59 Å². The van der Waals surface area contributed by atoms with Crippen LogP contribution in [0, 0.1) is 12.8 Å². The van der Waals surface area contributed by atoms with Crippen molar-refractivity contribution in [2.75, 3.05) is 7.05 Å². The number of nitrogens with one attached hydrogen (secondary N) is 3. The van der Waals surface area contributed by atoms with Crippen LogP contribution < -0.4 is 16.1 Å². The van der Waals surface area contributed by atoms with Gasteiger partial charge in [-0.2, -0.15) is 0 Å². The van der Waals surface area contributed by atoms with Crippen molar-refractivity contribution in [2.24, 2.45) is 5.92 Å². The molecule has 6 nitrogen and oxygen atoms in total. The van der Waals surface area contributed by atoms with Crippen LogP contribution in [0.5, 0.6) is 0 Å². The zero-order valence-corrected chi connectivity index (χ0v) is 12.9. The summed E-state index contributed by atoms with van der Waals surface area (Å²) >= 11 is 0. The third-order valence-electron chi connectivity index (χ3n) is 4.33. The molecule has 2 rings (SSSR count). The molecule has 0 saturated heterocycles. The fourth-order valence-corrected chi connectivity index (χ4v) is 3.04.